The lowest BCUT2D eigenvalue weighted by Crippen LogP contribution is -2.67. The molecule has 0 radical (unpaired) electrons. The van der Waals surface area contributed by atoms with Gasteiger partial charge in [-0.2, -0.15) is 0 Å². The van der Waals surface area contributed by atoms with Crippen molar-refractivity contribution in [3.05, 3.63) is 83.3 Å². The third-order valence-electron chi connectivity index (χ3n) is 14.7. The van der Waals surface area contributed by atoms with Crippen LogP contribution in [-0.4, -0.2) is 70.4 Å². The number of aliphatic hydroxyl groups is 2. The van der Waals surface area contributed by atoms with Crippen LogP contribution in [0.4, 0.5) is 5.69 Å². The highest BCUT2D eigenvalue weighted by molar-refractivity contribution is 7.21. The Bertz CT molecular complexity index is 1830. The Hall–Kier alpha value is -2.97. The van der Waals surface area contributed by atoms with Crippen LogP contribution in [0.2, 0.25) is 0 Å². The van der Waals surface area contributed by atoms with Crippen LogP contribution in [0.25, 0.3) is 10.1 Å². The quantitative estimate of drug-likeness (QED) is 0.198. The smallest absolute Gasteiger partial charge is 0.199 e. The number of Topliss-reactive ketones (excluding diaryl/α,β-unsaturated/α-hetero) is 1. The van der Waals surface area contributed by atoms with Crippen LogP contribution < -0.4 is 4.90 Å². The number of phenolic OH excluding ortho intramolecular Hbond substituents is 1. The van der Waals surface area contributed by atoms with E-state index in [1.54, 1.807) is 17.4 Å². The Morgan fingerprint density at radius 3 is 2.40 bits per heavy atom. The van der Waals surface area contributed by atoms with Gasteiger partial charge in [-0.3, -0.25) is 9.69 Å². The molecule has 2 aromatic carbocycles. The first-order valence-electron chi connectivity index (χ1n) is 18.1. The standard InChI is InChI=1S/C41H48N2O4S/c1-37-14-11-28(44)24-39(37)17-18-41(29(25-39)36(46)33-23-27-7-3-6-10-32(27)48-33)34(37)12-15-38(2)35(41)13-16-40(38,47)26-42-19-21-43(22-20-42)30-8-4-5-9-31(30)45/h3-10,17-18,23,25,28,34-35,44-45,47H,11-16,19-22,24,26H2,1-2H3. The highest BCUT2D eigenvalue weighted by Crippen LogP contribution is 2.78. The maximum atomic E-state index is 15.0. The number of rotatable bonds is 5. The monoisotopic (exact) mass is 664 g/mol. The fourth-order valence-corrected chi connectivity index (χ4v) is 13.1. The second-order valence-electron chi connectivity index (χ2n) is 16.5. The number of fused-ring (bicyclic) bond motifs is 2. The number of phenols is 1. The average Bonchev–Trinajstić information content (AvgIpc) is 3.63. The summed E-state index contributed by atoms with van der Waals surface area (Å²) in [7, 11) is 0. The van der Waals surface area contributed by atoms with Gasteiger partial charge in [-0.15, -0.1) is 11.3 Å². The number of hydrogen-bond acceptors (Lipinski definition) is 7. The Labute approximate surface area is 287 Å². The number of para-hydroxylation sites is 2. The van der Waals surface area contributed by atoms with Gasteiger partial charge >= 0.3 is 0 Å². The van der Waals surface area contributed by atoms with E-state index in [-0.39, 0.29) is 34.1 Å². The summed E-state index contributed by atoms with van der Waals surface area (Å²) in [5.41, 5.74) is -0.184. The van der Waals surface area contributed by atoms with E-state index in [9.17, 15) is 20.1 Å². The number of benzene rings is 2. The molecule has 3 saturated carbocycles. The zero-order chi connectivity index (χ0) is 33.1. The molecule has 1 aromatic heterocycles. The Morgan fingerprint density at radius 1 is 0.896 bits per heavy atom. The van der Waals surface area contributed by atoms with Crippen molar-refractivity contribution < 1.29 is 20.1 Å². The summed E-state index contributed by atoms with van der Waals surface area (Å²) in [5, 5.41) is 35.4. The molecule has 1 aliphatic heterocycles. The van der Waals surface area contributed by atoms with Gasteiger partial charge in [-0.25, -0.2) is 0 Å². The van der Waals surface area contributed by atoms with Crippen LogP contribution in [0, 0.1) is 33.5 Å². The molecule has 2 heterocycles. The van der Waals surface area contributed by atoms with Gasteiger partial charge in [0.15, 0.2) is 5.78 Å². The zero-order valence-corrected chi connectivity index (χ0v) is 29.0. The lowest BCUT2D eigenvalue weighted by atomic mass is 9.32. The number of nitrogens with zero attached hydrogens (tertiary/aromatic N) is 2. The first kappa shape index (κ1) is 31.0. The van der Waals surface area contributed by atoms with Gasteiger partial charge in [0, 0.05) is 59.2 Å². The molecule has 252 valence electrons. The van der Waals surface area contributed by atoms with E-state index >= 15 is 0 Å². The summed E-state index contributed by atoms with van der Waals surface area (Å²) >= 11 is 1.60. The van der Waals surface area contributed by atoms with Crippen LogP contribution in [0.3, 0.4) is 0 Å². The normalized spacial score (nSPS) is 40.4. The van der Waals surface area contributed by atoms with Gasteiger partial charge in [-0.1, -0.05) is 62.4 Å². The van der Waals surface area contributed by atoms with Gasteiger partial charge in [0.2, 0.25) is 0 Å². The molecular weight excluding hydrogens is 617 g/mol. The summed E-state index contributed by atoms with van der Waals surface area (Å²) in [6, 6.07) is 17.9. The highest BCUT2D eigenvalue weighted by atomic mass is 32.1. The fraction of sp³-hybridized carbons (Fsp3) is 0.537. The molecule has 6 nitrogen and oxygen atoms in total. The topological polar surface area (TPSA) is 84.2 Å². The maximum Gasteiger partial charge on any atom is 0.199 e. The minimum absolute atomic E-state index is 0.0354. The van der Waals surface area contributed by atoms with Gasteiger partial charge in [0.1, 0.15) is 5.75 Å². The lowest BCUT2D eigenvalue weighted by molar-refractivity contribution is -0.176. The van der Waals surface area contributed by atoms with E-state index in [0.29, 0.717) is 24.6 Å². The molecule has 6 aliphatic carbocycles. The highest BCUT2D eigenvalue weighted by Gasteiger charge is 2.74. The molecule has 2 bridgehead atoms. The number of ketones is 1. The van der Waals surface area contributed by atoms with Crippen molar-refractivity contribution in [2.24, 2.45) is 33.5 Å². The van der Waals surface area contributed by atoms with Crippen molar-refractivity contribution >= 4 is 32.9 Å². The molecule has 2 spiro atoms. The summed E-state index contributed by atoms with van der Waals surface area (Å²) in [6.45, 7) is 8.72. The van der Waals surface area contributed by atoms with Crippen LogP contribution in [-0.2, 0) is 0 Å². The van der Waals surface area contributed by atoms with Gasteiger partial charge in [-0.05, 0) is 91.8 Å². The number of hydrogen-bond donors (Lipinski definition) is 3. The number of allylic oxidation sites excluding steroid dienone is 4. The number of anilines is 1. The summed E-state index contributed by atoms with van der Waals surface area (Å²) in [5.74, 6) is 0.911. The molecule has 0 amide bonds. The summed E-state index contributed by atoms with van der Waals surface area (Å²) < 4.78 is 1.13. The Morgan fingerprint density at radius 2 is 1.60 bits per heavy atom. The van der Waals surface area contributed by atoms with Crippen molar-refractivity contribution in [2.75, 3.05) is 37.6 Å². The summed E-state index contributed by atoms with van der Waals surface area (Å²) in [6.07, 6.45) is 12.8. The van der Waals surface area contributed by atoms with Crippen molar-refractivity contribution in [1.29, 1.82) is 0 Å². The number of carbonyl (C=O) groups is 1. The Balaban J connectivity index is 1.07. The molecule has 7 aliphatic rings. The number of β-amino-alcohol motifs (C(OH)–C–C–N with tert-alkyl or cyclic N) is 1. The van der Waals surface area contributed by atoms with Crippen LogP contribution in [0.1, 0.15) is 68.5 Å². The molecule has 8 unspecified atom stereocenters. The molecule has 7 heteroatoms. The molecule has 3 aromatic rings. The van der Waals surface area contributed by atoms with Crippen LogP contribution in [0.5, 0.6) is 5.75 Å². The molecule has 48 heavy (non-hydrogen) atoms. The van der Waals surface area contributed by atoms with Crippen molar-refractivity contribution in [3.8, 4) is 5.75 Å². The minimum atomic E-state index is -0.857. The second kappa shape index (κ2) is 10.5. The average molecular weight is 665 g/mol. The molecule has 3 N–H and O–H groups in total. The van der Waals surface area contributed by atoms with E-state index in [2.05, 4.69) is 60.1 Å². The Kier molecular flexibility index (Phi) is 6.80. The number of aromatic hydroxyl groups is 1. The molecule has 1 saturated heterocycles. The first-order chi connectivity index (χ1) is 23.0. The summed E-state index contributed by atoms with van der Waals surface area (Å²) in [4.78, 5) is 20.4. The van der Waals surface area contributed by atoms with Crippen molar-refractivity contribution in [1.82, 2.24) is 4.90 Å². The predicted molar refractivity (Wildman–Crippen MR) is 191 cm³/mol. The number of aliphatic hydroxyl groups excluding tert-OH is 1. The second-order valence-corrected chi connectivity index (χ2v) is 17.6. The maximum absolute atomic E-state index is 15.0. The largest absolute Gasteiger partial charge is 0.506 e. The first-order valence-corrected chi connectivity index (χ1v) is 19.0. The lowest BCUT2D eigenvalue weighted by Gasteiger charge is -2.71. The van der Waals surface area contributed by atoms with E-state index in [1.807, 2.05) is 30.3 Å². The predicted octanol–water partition coefficient (Wildman–Crippen LogP) is 7.20. The fourth-order valence-electron chi connectivity index (χ4n) is 12.1. The zero-order valence-electron chi connectivity index (χ0n) is 28.2. The van der Waals surface area contributed by atoms with E-state index in [4.69, 9.17) is 0 Å². The SMILES string of the molecule is CC12CCC(O)CC13C=CC1(C(C(=O)c4cc5ccccc5s4)=C3)C2CCC2(C)C1CCC2(O)CN1CCN(c2ccccc2O)CC1. The van der Waals surface area contributed by atoms with Crippen LogP contribution >= 0.6 is 11.3 Å². The van der Waals surface area contributed by atoms with E-state index in [1.165, 1.54) is 0 Å². The van der Waals surface area contributed by atoms with E-state index in [0.717, 1.165) is 90.9 Å². The van der Waals surface area contributed by atoms with Gasteiger partial charge in [0.25, 0.3) is 0 Å². The minimum Gasteiger partial charge on any atom is -0.506 e. The third-order valence-corrected chi connectivity index (χ3v) is 15.8. The molecule has 10 rings (SSSR count). The molecular formula is C41H48N2O4S. The number of carbonyl (C=O) groups excluding carboxylic acids is 1. The van der Waals surface area contributed by atoms with E-state index < -0.39 is 11.0 Å². The number of thiophene rings is 1. The van der Waals surface area contributed by atoms with Crippen LogP contribution in [0.15, 0.2) is 78.4 Å². The molecule has 8 atom stereocenters. The number of piperazine rings is 1. The van der Waals surface area contributed by atoms with Crippen molar-refractivity contribution in [3.63, 3.8) is 0 Å². The third kappa shape index (κ3) is 4.05. The van der Waals surface area contributed by atoms with Gasteiger partial charge < -0.3 is 20.2 Å². The van der Waals surface area contributed by atoms with Crippen molar-refractivity contribution in [2.45, 2.75) is 70.5 Å². The van der Waals surface area contributed by atoms with Gasteiger partial charge in [0.05, 0.1) is 22.3 Å². The molecule has 4 fully saturated rings.